The number of para-hydroxylation sites is 4. The molecule has 0 atom stereocenters. The van der Waals surface area contributed by atoms with Crippen LogP contribution in [-0.4, -0.2) is 26.2 Å². The van der Waals surface area contributed by atoms with Crippen LogP contribution in [0.2, 0.25) is 0 Å². The summed E-state index contributed by atoms with van der Waals surface area (Å²) in [6.07, 6.45) is 30.8. The number of nitrogens with zero attached hydrogens (tertiary/aromatic N) is 4. The van der Waals surface area contributed by atoms with Crippen LogP contribution in [-0.2, 0) is 0 Å². The number of anilines is 4. The maximum atomic E-state index is 2.99. The number of benzene rings is 4. The monoisotopic (exact) mass is 975 g/mol. The van der Waals surface area contributed by atoms with E-state index >= 15 is 0 Å². The van der Waals surface area contributed by atoms with E-state index in [1.165, 1.54) is 177 Å². The molecule has 4 rings (SSSR count). The summed E-state index contributed by atoms with van der Waals surface area (Å²) in [6, 6.07) is 46.7. The smallest absolute Gasteiger partial charge is 0.405 e. The Morgan fingerprint density at radius 1 is 0.258 bits per heavy atom. The molecule has 0 amide bonds. The van der Waals surface area contributed by atoms with Gasteiger partial charge in [0.25, 0.3) is 0 Å². The van der Waals surface area contributed by atoms with Gasteiger partial charge in [-0.25, -0.2) is 0 Å². The van der Waals surface area contributed by atoms with Crippen molar-refractivity contribution >= 4 is 30.6 Å². The Hall–Kier alpha value is -2.76. The average molecular weight is 975 g/mol. The Labute approximate surface area is 400 Å². The maximum Gasteiger partial charge on any atom is 0.405 e. The highest BCUT2D eigenvalue weighted by atomic mass is 127. The third-order valence-electron chi connectivity index (χ3n) is 12.4. The van der Waals surface area contributed by atoms with E-state index in [-0.39, 0.29) is 24.0 Å². The number of hydrogen-bond donors (Lipinski definition) is 0. The van der Waals surface area contributed by atoms with Crippen LogP contribution in [0.4, 0.5) is 22.7 Å². The van der Waals surface area contributed by atoms with Gasteiger partial charge in [0.1, 0.15) is 0 Å². The fourth-order valence-electron chi connectivity index (χ4n) is 9.02. The van der Waals surface area contributed by atoms with E-state index in [1.54, 1.807) is 0 Å². The van der Waals surface area contributed by atoms with Crippen molar-refractivity contribution < 1.29 is 24.0 Å². The fraction of sp³-hybridized carbons (Fsp3) is 0.571. The summed E-state index contributed by atoms with van der Waals surface area (Å²) in [4.78, 5) is 0. The first-order chi connectivity index (χ1) is 30.2. The number of hydrogen-bond acceptors (Lipinski definition) is 4. The van der Waals surface area contributed by atoms with Crippen molar-refractivity contribution in [1.82, 2.24) is 0 Å². The summed E-state index contributed by atoms with van der Waals surface area (Å²) in [5.41, 5.74) is 5.39. The summed E-state index contributed by atoms with van der Waals surface area (Å²) < 4.78 is 12.0. The third-order valence-corrected chi connectivity index (χ3v) is 16.7. The van der Waals surface area contributed by atoms with Gasteiger partial charge in [-0.15, -0.1) is 0 Å². The van der Waals surface area contributed by atoms with Gasteiger partial charge >= 0.3 is 7.87 Å². The molecule has 0 aliphatic heterocycles. The molecule has 4 aromatic rings. The van der Waals surface area contributed by atoms with E-state index in [0.29, 0.717) is 0 Å². The lowest BCUT2D eigenvalue weighted by Crippen LogP contribution is -3.00. The first-order valence-electron chi connectivity index (χ1n) is 25.4. The van der Waals surface area contributed by atoms with Gasteiger partial charge in [-0.3, -0.25) is 0 Å². The molecule has 0 fully saturated rings. The molecule has 0 bridgehead atoms. The molecule has 0 aliphatic carbocycles. The molecule has 6 heteroatoms. The van der Waals surface area contributed by atoms with Crippen molar-refractivity contribution in [2.45, 2.75) is 182 Å². The van der Waals surface area contributed by atoms with Crippen molar-refractivity contribution in [1.29, 1.82) is 0 Å². The summed E-state index contributed by atoms with van der Waals surface area (Å²) in [5.74, 6) is 0. The van der Waals surface area contributed by atoms with Crippen LogP contribution in [0.5, 0.6) is 0 Å². The molecule has 0 N–H and O–H groups in total. The van der Waals surface area contributed by atoms with Crippen LogP contribution < -0.4 is 42.7 Å². The normalized spacial score (nSPS) is 11.3. The summed E-state index contributed by atoms with van der Waals surface area (Å²) >= 11 is 0. The van der Waals surface area contributed by atoms with E-state index in [2.05, 4.69) is 168 Å². The molecule has 0 aromatic heterocycles. The molecule has 4 nitrogen and oxygen atoms in total. The van der Waals surface area contributed by atoms with Crippen LogP contribution in [0.15, 0.2) is 121 Å². The predicted octanol–water partition coefficient (Wildman–Crippen LogP) is 15.1. The third kappa shape index (κ3) is 17.7. The van der Waals surface area contributed by atoms with E-state index in [1.807, 2.05) is 0 Å². The molecule has 0 aliphatic rings. The van der Waals surface area contributed by atoms with Gasteiger partial charge in [-0.2, -0.15) is 18.7 Å². The van der Waals surface area contributed by atoms with Gasteiger partial charge in [-0.1, -0.05) is 229 Å². The minimum absolute atomic E-state index is 0. The molecule has 0 saturated carbocycles. The van der Waals surface area contributed by atoms with Gasteiger partial charge < -0.3 is 24.0 Å². The largest absolute Gasteiger partial charge is 1.00 e. The van der Waals surface area contributed by atoms with Crippen LogP contribution in [0, 0.1) is 0 Å². The van der Waals surface area contributed by atoms with Gasteiger partial charge in [0.2, 0.25) is 0 Å². The molecule has 0 saturated heterocycles. The van der Waals surface area contributed by atoms with Crippen LogP contribution in [0.3, 0.4) is 0 Å². The van der Waals surface area contributed by atoms with Crippen molar-refractivity contribution in [3.63, 3.8) is 0 Å². The van der Waals surface area contributed by atoms with Crippen LogP contribution in [0.1, 0.15) is 182 Å². The standard InChI is InChI=1S/C56H88N4P.HI/c1-5-9-13-17-21-37-49-57(53-41-29-25-30-42-53)61(58(54-43-31-26-32-44-54)50-38-22-18-14-10-6-2,59(55-45-33-27-34-46-55)51-39-23-19-15-11-7-3)60(56-47-35-28-36-48-56)52-40-24-20-16-12-8-4;/h25-36,41-48H,5-24,37-40,49-52H2,1-4H3;1H/q+1;/p-1. The number of unbranched alkanes of at least 4 members (excludes halogenated alkanes) is 20. The molecular weight excluding hydrogens is 887 g/mol. The lowest BCUT2D eigenvalue weighted by atomic mass is 10.1. The zero-order chi connectivity index (χ0) is 43.1. The zero-order valence-electron chi connectivity index (χ0n) is 40.0. The Balaban J connectivity index is 0.0000102. The zero-order valence-corrected chi connectivity index (χ0v) is 43.0. The van der Waals surface area contributed by atoms with E-state index < -0.39 is 7.87 Å². The Morgan fingerprint density at radius 2 is 0.435 bits per heavy atom. The van der Waals surface area contributed by atoms with Crippen LogP contribution >= 0.6 is 7.87 Å². The molecule has 62 heavy (non-hydrogen) atoms. The molecule has 344 valence electrons. The molecule has 0 unspecified atom stereocenters. The predicted molar refractivity (Wildman–Crippen MR) is 276 cm³/mol. The Morgan fingerprint density at radius 3 is 0.629 bits per heavy atom. The molecule has 0 spiro atoms. The number of halogens is 1. The van der Waals surface area contributed by atoms with Crippen molar-refractivity contribution in [2.75, 3.05) is 44.9 Å². The highest BCUT2D eigenvalue weighted by Crippen LogP contribution is 2.73. The molecular formula is C56H88IN4P. The van der Waals surface area contributed by atoms with Gasteiger partial charge in [-0.05, 0) is 74.2 Å². The van der Waals surface area contributed by atoms with Crippen LogP contribution in [0.25, 0.3) is 0 Å². The molecule has 4 aromatic carbocycles. The minimum atomic E-state index is -2.74. The van der Waals surface area contributed by atoms with E-state index in [0.717, 1.165) is 26.2 Å². The molecule has 0 heterocycles. The second-order valence-electron chi connectivity index (χ2n) is 17.4. The maximum absolute atomic E-state index is 2.99. The Bertz CT molecular complexity index is 1350. The second kappa shape index (κ2) is 33.7. The summed E-state index contributed by atoms with van der Waals surface area (Å²) in [5, 5.41) is 0. The van der Waals surface area contributed by atoms with Crippen molar-refractivity contribution in [3.05, 3.63) is 121 Å². The lowest BCUT2D eigenvalue weighted by Gasteiger charge is -2.53. The van der Waals surface area contributed by atoms with E-state index in [9.17, 15) is 0 Å². The topological polar surface area (TPSA) is 13.0 Å². The first-order valence-corrected chi connectivity index (χ1v) is 27.0. The summed E-state index contributed by atoms with van der Waals surface area (Å²) in [6.45, 7) is 13.4. The van der Waals surface area contributed by atoms with Gasteiger partial charge in [0, 0.05) is 0 Å². The SMILES string of the molecule is CCCCCCCCN(c1ccccc1)[P+](N(CCCCCCCC)c1ccccc1)(N(CCCCCCCC)c1ccccc1)N(CCCCCCCC)c1ccccc1.[I-]. The Kier molecular flexibility index (Phi) is 29.1. The highest BCUT2D eigenvalue weighted by Gasteiger charge is 2.63. The van der Waals surface area contributed by atoms with Gasteiger partial charge in [0.15, 0.2) is 0 Å². The van der Waals surface area contributed by atoms with Crippen molar-refractivity contribution in [2.24, 2.45) is 0 Å². The summed E-state index contributed by atoms with van der Waals surface area (Å²) in [7, 11) is -2.74. The van der Waals surface area contributed by atoms with Gasteiger partial charge in [0.05, 0.1) is 48.9 Å². The quantitative estimate of drug-likeness (QED) is 0.0256. The second-order valence-corrected chi connectivity index (χ2v) is 20.4. The van der Waals surface area contributed by atoms with E-state index in [4.69, 9.17) is 0 Å². The van der Waals surface area contributed by atoms with Crippen molar-refractivity contribution in [3.8, 4) is 0 Å². The lowest BCUT2D eigenvalue weighted by molar-refractivity contribution is -0.0000127. The number of rotatable bonds is 36. The fourth-order valence-corrected chi connectivity index (χ4v) is 14.0. The highest BCUT2D eigenvalue weighted by molar-refractivity contribution is 7.81. The minimum Gasteiger partial charge on any atom is -1.00 e. The average Bonchev–Trinajstić information content (AvgIpc) is 3.31. The molecule has 0 radical (unpaired) electrons. The first kappa shape index (κ1) is 53.6.